The van der Waals surface area contributed by atoms with Gasteiger partial charge in [0.25, 0.3) is 0 Å². The van der Waals surface area contributed by atoms with Gasteiger partial charge in [0.15, 0.2) is 23.8 Å². The highest BCUT2D eigenvalue weighted by Gasteiger charge is 2.29. The van der Waals surface area contributed by atoms with Crippen molar-refractivity contribution in [3.8, 4) is 23.0 Å². The van der Waals surface area contributed by atoms with Gasteiger partial charge in [0, 0.05) is 30.2 Å². The number of imidazole rings is 1. The molecule has 4 rings (SSSR count). The van der Waals surface area contributed by atoms with Gasteiger partial charge in [-0.3, -0.25) is 4.79 Å². The van der Waals surface area contributed by atoms with Crippen LogP contribution in [0.25, 0.3) is 22.6 Å². The van der Waals surface area contributed by atoms with E-state index in [0.717, 1.165) is 28.0 Å². The molecule has 9 heteroatoms. The lowest BCUT2D eigenvalue weighted by Crippen LogP contribution is -2.21. The van der Waals surface area contributed by atoms with Gasteiger partial charge in [-0.25, -0.2) is 9.97 Å². The summed E-state index contributed by atoms with van der Waals surface area (Å²) in [5.74, 6) is 0.761. The molecular formula is C32H40N4O5. The lowest BCUT2D eigenvalue weighted by atomic mass is 9.78. The Bertz CT molecular complexity index is 1470. The van der Waals surface area contributed by atoms with Crippen molar-refractivity contribution in [3.05, 3.63) is 65.5 Å². The molecule has 218 valence electrons. The minimum Gasteiger partial charge on any atom is -0.481 e. The molecule has 1 N–H and O–H groups in total. The molecule has 0 unspecified atom stereocenters. The SMILES string of the molecule is COCOc1c(C(C)(C)C)cc(-c2nc(OCCCC(=O)O)c3ncn(Cc4ccccc4)c3n2)cc1C(C)(C)C. The van der Waals surface area contributed by atoms with Crippen LogP contribution in [0.1, 0.15) is 71.1 Å². The second-order valence-electron chi connectivity index (χ2n) is 12.2. The number of carboxylic acid groups (broad SMARTS) is 1. The minimum absolute atomic E-state index is 0.0103. The lowest BCUT2D eigenvalue weighted by molar-refractivity contribution is -0.137. The molecule has 41 heavy (non-hydrogen) atoms. The number of rotatable bonds is 11. The largest absolute Gasteiger partial charge is 0.481 e. The summed E-state index contributed by atoms with van der Waals surface area (Å²) in [6.07, 6.45) is 2.11. The summed E-state index contributed by atoms with van der Waals surface area (Å²) in [4.78, 5) is 25.5. The number of aromatic nitrogens is 4. The van der Waals surface area contributed by atoms with E-state index in [4.69, 9.17) is 29.3 Å². The molecule has 0 fully saturated rings. The molecule has 2 aromatic heterocycles. The summed E-state index contributed by atoms with van der Waals surface area (Å²) in [6.45, 7) is 13.8. The number of carbonyl (C=O) groups is 1. The van der Waals surface area contributed by atoms with Crippen molar-refractivity contribution in [3.63, 3.8) is 0 Å². The van der Waals surface area contributed by atoms with Crippen LogP contribution >= 0.6 is 0 Å². The van der Waals surface area contributed by atoms with Crippen LogP contribution in [-0.4, -0.2) is 51.1 Å². The Kier molecular flexibility index (Phi) is 8.97. The molecule has 0 atom stereocenters. The topological polar surface area (TPSA) is 109 Å². The second kappa shape index (κ2) is 12.3. The first kappa shape index (κ1) is 30.0. The van der Waals surface area contributed by atoms with Crippen molar-refractivity contribution in [2.24, 2.45) is 0 Å². The maximum absolute atomic E-state index is 11.0. The van der Waals surface area contributed by atoms with Gasteiger partial charge in [-0.05, 0) is 34.9 Å². The van der Waals surface area contributed by atoms with Crippen molar-refractivity contribution in [2.75, 3.05) is 20.5 Å². The summed E-state index contributed by atoms with van der Waals surface area (Å²) in [5, 5.41) is 9.06. The number of carboxylic acids is 1. The van der Waals surface area contributed by atoms with Gasteiger partial charge in [0.05, 0.1) is 19.5 Å². The molecule has 0 spiro atoms. The number of ether oxygens (including phenoxy) is 3. The maximum Gasteiger partial charge on any atom is 0.303 e. The Morgan fingerprint density at radius 1 is 0.951 bits per heavy atom. The van der Waals surface area contributed by atoms with E-state index in [-0.39, 0.29) is 30.7 Å². The van der Waals surface area contributed by atoms with Crippen molar-refractivity contribution in [2.45, 2.75) is 71.8 Å². The third kappa shape index (κ3) is 7.21. The first-order valence-electron chi connectivity index (χ1n) is 13.8. The van der Waals surface area contributed by atoms with Crippen LogP contribution in [0.3, 0.4) is 0 Å². The van der Waals surface area contributed by atoms with E-state index in [2.05, 4.69) is 70.8 Å². The monoisotopic (exact) mass is 560 g/mol. The molecule has 0 saturated heterocycles. The summed E-state index contributed by atoms with van der Waals surface area (Å²) in [6, 6.07) is 14.3. The molecule has 0 amide bonds. The van der Waals surface area contributed by atoms with E-state index >= 15 is 0 Å². The Balaban J connectivity index is 1.90. The van der Waals surface area contributed by atoms with Gasteiger partial charge in [-0.1, -0.05) is 71.9 Å². The fourth-order valence-corrected chi connectivity index (χ4v) is 4.58. The average Bonchev–Trinajstić information content (AvgIpc) is 3.31. The standard InChI is InChI=1S/C32H40N4O5/c1-31(2,3)23-16-22(17-24(32(4,5)6)27(23)41-20-39-7)28-34-29-26(30(35-28)40-15-11-14-25(37)38)33-19-36(29)18-21-12-9-8-10-13-21/h8-10,12-13,16-17,19H,11,14-15,18,20H2,1-7H3,(H,37,38). The van der Waals surface area contributed by atoms with Crippen LogP contribution in [0, 0.1) is 0 Å². The maximum atomic E-state index is 11.0. The Labute approximate surface area is 241 Å². The molecule has 0 saturated carbocycles. The fourth-order valence-electron chi connectivity index (χ4n) is 4.58. The number of benzene rings is 2. The zero-order valence-corrected chi connectivity index (χ0v) is 25.0. The van der Waals surface area contributed by atoms with E-state index < -0.39 is 5.97 Å². The summed E-state index contributed by atoms with van der Waals surface area (Å²) in [7, 11) is 1.61. The van der Waals surface area contributed by atoms with Crippen molar-refractivity contribution in [1.82, 2.24) is 19.5 Å². The van der Waals surface area contributed by atoms with Crippen LogP contribution in [0.5, 0.6) is 11.6 Å². The average molecular weight is 561 g/mol. The van der Waals surface area contributed by atoms with E-state index in [1.54, 1.807) is 13.4 Å². The summed E-state index contributed by atoms with van der Waals surface area (Å²) in [5.41, 5.74) is 4.66. The first-order valence-corrected chi connectivity index (χ1v) is 13.8. The van der Waals surface area contributed by atoms with Crippen molar-refractivity contribution in [1.29, 1.82) is 0 Å². The van der Waals surface area contributed by atoms with E-state index in [1.165, 1.54) is 0 Å². The molecule has 2 aromatic carbocycles. The number of hydrogen-bond acceptors (Lipinski definition) is 7. The first-order chi connectivity index (χ1) is 19.4. The van der Waals surface area contributed by atoms with Crippen molar-refractivity contribution >= 4 is 17.1 Å². The quantitative estimate of drug-likeness (QED) is 0.167. The van der Waals surface area contributed by atoms with Crippen LogP contribution in [0.4, 0.5) is 0 Å². The number of nitrogens with zero attached hydrogens (tertiary/aromatic N) is 4. The smallest absolute Gasteiger partial charge is 0.303 e. The Morgan fingerprint density at radius 3 is 2.20 bits per heavy atom. The zero-order valence-electron chi connectivity index (χ0n) is 25.0. The highest BCUT2D eigenvalue weighted by atomic mass is 16.7. The van der Waals surface area contributed by atoms with E-state index in [9.17, 15) is 4.79 Å². The highest BCUT2D eigenvalue weighted by Crippen LogP contribution is 2.43. The number of hydrogen-bond donors (Lipinski definition) is 1. The summed E-state index contributed by atoms with van der Waals surface area (Å²) < 4.78 is 19.4. The number of aliphatic carboxylic acids is 1. The molecule has 0 aliphatic heterocycles. The third-order valence-corrected chi connectivity index (χ3v) is 6.69. The molecule has 0 aliphatic carbocycles. The van der Waals surface area contributed by atoms with Crippen molar-refractivity contribution < 1.29 is 24.1 Å². The van der Waals surface area contributed by atoms with Gasteiger partial charge in [-0.2, -0.15) is 4.98 Å². The fraction of sp³-hybridized carbons (Fsp3) is 0.438. The van der Waals surface area contributed by atoms with E-state index in [0.29, 0.717) is 35.8 Å². The van der Waals surface area contributed by atoms with Crippen LogP contribution in [-0.2, 0) is 26.9 Å². The second-order valence-corrected chi connectivity index (χ2v) is 12.2. The van der Waals surface area contributed by atoms with Crippen LogP contribution in [0.15, 0.2) is 48.8 Å². The van der Waals surface area contributed by atoms with Crippen LogP contribution < -0.4 is 9.47 Å². The van der Waals surface area contributed by atoms with Crippen LogP contribution in [0.2, 0.25) is 0 Å². The molecule has 0 radical (unpaired) electrons. The Hall–Kier alpha value is -3.98. The third-order valence-electron chi connectivity index (χ3n) is 6.69. The zero-order chi connectivity index (χ0) is 29.8. The summed E-state index contributed by atoms with van der Waals surface area (Å²) >= 11 is 0. The van der Waals surface area contributed by atoms with E-state index in [1.807, 2.05) is 22.8 Å². The molecule has 0 aliphatic rings. The van der Waals surface area contributed by atoms with Gasteiger partial charge >= 0.3 is 5.97 Å². The predicted molar refractivity (Wildman–Crippen MR) is 159 cm³/mol. The molecule has 9 nitrogen and oxygen atoms in total. The highest BCUT2D eigenvalue weighted by molar-refractivity contribution is 5.79. The lowest BCUT2D eigenvalue weighted by Gasteiger charge is -2.30. The number of fused-ring (bicyclic) bond motifs is 1. The van der Waals surface area contributed by atoms with Gasteiger partial charge in [0.1, 0.15) is 5.75 Å². The molecule has 2 heterocycles. The minimum atomic E-state index is -0.866. The normalized spacial score (nSPS) is 12.1. The molecule has 4 aromatic rings. The van der Waals surface area contributed by atoms with Gasteiger partial charge in [-0.15, -0.1) is 0 Å². The van der Waals surface area contributed by atoms with Gasteiger partial charge in [0.2, 0.25) is 5.88 Å². The number of methoxy groups -OCH3 is 1. The predicted octanol–water partition coefficient (Wildman–Crippen LogP) is 6.36. The molecular weight excluding hydrogens is 520 g/mol. The van der Waals surface area contributed by atoms with Gasteiger partial charge < -0.3 is 23.9 Å². The molecule has 0 bridgehead atoms. The Morgan fingerprint density at radius 2 is 1.61 bits per heavy atom.